The number of nitrogens with zero attached hydrogens (tertiary/aromatic N) is 2. The lowest BCUT2D eigenvalue weighted by Gasteiger charge is -2.11. The number of hydrogen-bond donors (Lipinski definition) is 1. The van der Waals surface area contributed by atoms with Gasteiger partial charge in [-0.1, -0.05) is 12.1 Å². The van der Waals surface area contributed by atoms with Gasteiger partial charge in [0.1, 0.15) is 5.75 Å². The summed E-state index contributed by atoms with van der Waals surface area (Å²) < 4.78 is 5.66. The van der Waals surface area contributed by atoms with Gasteiger partial charge in [-0.15, -0.1) is 0 Å². The fraction of sp³-hybridized carbons (Fsp3) is 0.176. The Bertz CT molecular complexity index is 755. The molecule has 0 aliphatic heterocycles. The van der Waals surface area contributed by atoms with Crippen LogP contribution in [0.25, 0.3) is 0 Å². The third-order valence-corrected chi connectivity index (χ3v) is 2.99. The Balaban J connectivity index is 2.03. The number of nitrogens with one attached hydrogen (secondary N) is 1. The summed E-state index contributed by atoms with van der Waals surface area (Å²) in [5.74, 6) is 0.212. The van der Waals surface area contributed by atoms with E-state index in [0.29, 0.717) is 5.75 Å². The number of non-ortho nitro benzene ring substituents is 1. The highest BCUT2D eigenvalue weighted by atomic mass is 16.6. The lowest BCUT2D eigenvalue weighted by molar-refractivity contribution is -0.384. The molecular weight excluding hydrogens is 310 g/mol. The number of carbonyl (C=O) groups excluding carboxylic acids is 1. The van der Waals surface area contributed by atoms with E-state index in [0.717, 1.165) is 5.56 Å². The van der Waals surface area contributed by atoms with Crippen LogP contribution in [-0.2, 0) is 0 Å². The summed E-state index contributed by atoms with van der Waals surface area (Å²) in [6.07, 6.45) is 1.51. The second-order valence-corrected chi connectivity index (χ2v) is 5.21. The normalized spacial score (nSPS) is 10.8. The standard InChI is InChI=1S/C17H17N3O4/c1-12(2)24-16-6-4-3-5-14(16)11-18-19-17(21)13-7-9-15(10-8-13)20(22)23/h3-12H,1-2H3,(H,19,21)/b18-11-. The fourth-order valence-electron chi connectivity index (χ4n) is 1.91. The topological polar surface area (TPSA) is 93.8 Å². The molecule has 0 saturated heterocycles. The van der Waals surface area contributed by atoms with Crippen molar-refractivity contribution in [1.29, 1.82) is 0 Å². The number of rotatable bonds is 6. The van der Waals surface area contributed by atoms with Gasteiger partial charge in [0.15, 0.2) is 0 Å². The number of nitro benzene ring substituents is 1. The number of hydrazone groups is 1. The molecule has 0 bridgehead atoms. The molecule has 0 fully saturated rings. The minimum absolute atomic E-state index is 0.0225. The van der Waals surface area contributed by atoms with Gasteiger partial charge in [-0.3, -0.25) is 14.9 Å². The molecule has 0 aromatic heterocycles. The SMILES string of the molecule is CC(C)Oc1ccccc1/C=N\NC(=O)c1ccc([N+](=O)[O-])cc1. The predicted octanol–water partition coefficient (Wildman–Crippen LogP) is 3.15. The lowest BCUT2D eigenvalue weighted by atomic mass is 10.2. The Morgan fingerprint density at radius 1 is 1.21 bits per heavy atom. The Labute approximate surface area is 139 Å². The highest BCUT2D eigenvalue weighted by Crippen LogP contribution is 2.17. The molecule has 0 spiro atoms. The molecule has 2 rings (SSSR count). The molecule has 0 aliphatic rings. The summed E-state index contributed by atoms with van der Waals surface area (Å²) in [6, 6.07) is 12.6. The average molecular weight is 327 g/mol. The van der Waals surface area contributed by atoms with Crippen molar-refractivity contribution in [2.75, 3.05) is 0 Å². The highest BCUT2D eigenvalue weighted by Gasteiger charge is 2.08. The zero-order valence-electron chi connectivity index (χ0n) is 13.3. The van der Waals surface area contributed by atoms with Gasteiger partial charge in [-0.25, -0.2) is 5.43 Å². The van der Waals surface area contributed by atoms with Gasteiger partial charge in [0, 0.05) is 23.3 Å². The lowest BCUT2D eigenvalue weighted by Crippen LogP contribution is -2.17. The predicted molar refractivity (Wildman–Crippen MR) is 90.4 cm³/mol. The zero-order valence-corrected chi connectivity index (χ0v) is 13.3. The Hall–Kier alpha value is -3.22. The van der Waals surface area contributed by atoms with E-state index in [4.69, 9.17) is 4.74 Å². The van der Waals surface area contributed by atoms with E-state index in [1.54, 1.807) is 0 Å². The number of benzene rings is 2. The van der Waals surface area contributed by atoms with Crippen LogP contribution in [0.1, 0.15) is 29.8 Å². The third kappa shape index (κ3) is 4.64. The first-order valence-corrected chi connectivity index (χ1v) is 7.31. The van der Waals surface area contributed by atoms with E-state index in [9.17, 15) is 14.9 Å². The van der Waals surface area contributed by atoms with Gasteiger partial charge in [0.2, 0.25) is 0 Å². The molecule has 2 aromatic rings. The summed E-state index contributed by atoms with van der Waals surface area (Å²) in [7, 11) is 0. The third-order valence-electron chi connectivity index (χ3n) is 2.99. The molecule has 1 amide bonds. The molecule has 24 heavy (non-hydrogen) atoms. The number of carbonyl (C=O) groups is 1. The first-order chi connectivity index (χ1) is 11.5. The summed E-state index contributed by atoms with van der Waals surface area (Å²) >= 11 is 0. The Kier molecular flexibility index (Phi) is 5.62. The van der Waals surface area contributed by atoms with E-state index in [-0.39, 0.29) is 17.4 Å². The largest absolute Gasteiger partial charge is 0.490 e. The fourth-order valence-corrected chi connectivity index (χ4v) is 1.91. The van der Waals surface area contributed by atoms with Crippen LogP contribution in [0.3, 0.4) is 0 Å². The smallest absolute Gasteiger partial charge is 0.271 e. The molecule has 0 aliphatic carbocycles. The molecule has 0 unspecified atom stereocenters. The quantitative estimate of drug-likeness (QED) is 0.501. The van der Waals surface area contributed by atoms with Gasteiger partial charge in [0.25, 0.3) is 11.6 Å². The van der Waals surface area contributed by atoms with Gasteiger partial charge in [-0.05, 0) is 38.1 Å². The van der Waals surface area contributed by atoms with Crippen LogP contribution in [-0.4, -0.2) is 23.1 Å². The van der Waals surface area contributed by atoms with Gasteiger partial charge in [0.05, 0.1) is 17.2 Å². The summed E-state index contributed by atoms with van der Waals surface area (Å²) in [4.78, 5) is 22.0. The first-order valence-electron chi connectivity index (χ1n) is 7.31. The van der Waals surface area contributed by atoms with Crippen molar-refractivity contribution in [2.45, 2.75) is 20.0 Å². The van der Waals surface area contributed by atoms with Crippen LogP contribution in [0.4, 0.5) is 5.69 Å². The minimum Gasteiger partial charge on any atom is -0.490 e. The maximum Gasteiger partial charge on any atom is 0.271 e. The van der Waals surface area contributed by atoms with Crippen LogP contribution >= 0.6 is 0 Å². The van der Waals surface area contributed by atoms with Crippen molar-refractivity contribution in [3.05, 3.63) is 69.8 Å². The number of ether oxygens (including phenoxy) is 1. The van der Waals surface area contributed by atoms with Gasteiger partial charge < -0.3 is 4.74 Å². The van der Waals surface area contributed by atoms with Crippen molar-refractivity contribution in [2.24, 2.45) is 5.10 Å². The molecule has 1 N–H and O–H groups in total. The summed E-state index contributed by atoms with van der Waals surface area (Å²) in [5, 5.41) is 14.5. The zero-order chi connectivity index (χ0) is 17.5. The van der Waals surface area contributed by atoms with E-state index < -0.39 is 10.8 Å². The summed E-state index contributed by atoms with van der Waals surface area (Å²) in [5.41, 5.74) is 3.32. The van der Waals surface area contributed by atoms with Crippen LogP contribution < -0.4 is 10.2 Å². The van der Waals surface area contributed by atoms with Crippen molar-refractivity contribution in [3.63, 3.8) is 0 Å². The molecule has 0 heterocycles. The molecule has 7 heteroatoms. The maximum absolute atomic E-state index is 12.0. The first kappa shape index (κ1) is 17.1. The van der Waals surface area contributed by atoms with Crippen molar-refractivity contribution < 1.29 is 14.5 Å². The van der Waals surface area contributed by atoms with Crippen molar-refractivity contribution >= 4 is 17.8 Å². The number of nitro groups is 1. The molecule has 0 atom stereocenters. The van der Waals surface area contributed by atoms with E-state index in [1.165, 1.54) is 30.5 Å². The van der Waals surface area contributed by atoms with Crippen LogP contribution in [0.15, 0.2) is 53.6 Å². The highest BCUT2D eigenvalue weighted by molar-refractivity contribution is 5.95. The van der Waals surface area contributed by atoms with Gasteiger partial charge >= 0.3 is 0 Å². The monoisotopic (exact) mass is 327 g/mol. The van der Waals surface area contributed by atoms with Crippen LogP contribution in [0.5, 0.6) is 5.75 Å². The second-order valence-electron chi connectivity index (χ2n) is 5.21. The molecule has 124 valence electrons. The second kappa shape index (κ2) is 7.87. The molecule has 7 nitrogen and oxygen atoms in total. The van der Waals surface area contributed by atoms with Crippen molar-refractivity contribution in [3.8, 4) is 5.75 Å². The average Bonchev–Trinajstić information content (AvgIpc) is 2.56. The number of para-hydroxylation sites is 1. The Morgan fingerprint density at radius 2 is 1.88 bits per heavy atom. The Morgan fingerprint density at radius 3 is 2.50 bits per heavy atom. The maximum atomic E-state index is 12.0. The summed E-state index contributed by atoms with van der Waals surface area (Å²) in [6.45, 7) is 3.84. The number of amides is 1. The van der Waals surface area contributed by atoms with E-state index >= 15 is 0 Å². The van der Waals surface area contributed by atoms with E-state index in [1.807, 2.05) is 38.1 Å². The molecule has 0 radical (unpaired) electrons. The molecular formula is C17H17N3O4. The molecule has 0 saturated carbocycles. The van der Waals surface area contributed by atoms with Crippen LogP contribution in [0.2, 0.25) is 0 Å². The number of hydrogen-bond acceptors (Lipinski definition) is 5. The van der Waals surface area contributed by atoms with E-state index in [2.05, 4.69) is 10.5 Å². The minimum atomic E-state index is -0.522. The molecule has 2 aromatic carbocycles. The van der Waals surface area contributed by atoms with Gasteiger partial charge in [-0.2, -0.15) is 5.10 Å². The van der Waals surface area contributed by atoms with Crippen molar-refractivity contribution in [1.82, 2.24) is 5.43 Å². The van der Waals surface area contributed by atoms with Crippen LogP contribution in [0, 0.1) is 10.1 Å².